The Kier molecular flexibility index (Phi) is 7.98. The second-order valence-corrected chi connectivity index (χ2v) is 7.45. The lowest BCUT2D eigenvalue weighted by Crippen LogP contribution is -2.42. The van der Waals surface area contributed by atoms with Crippen LogP contribution in [-0.4, -0.2) is 66.4 Å². The molecule has 0 radical (unpaired) electrons. The molecule has 0 saturated carbocycles. The number of aliphatic hydroxyl groups is 1. The van der Waals surface area contributed by atoms with Crippen molar-refractivity contribution in [1.29, 1.82) is 0 Å². The van der Waals surface area contributed by atoms with Crippen LogP contribution in [0.25, 0.3) is 11.1 Å². The molecule has 1 aliphatic rings. The number of aliphatic hydroxyl groups excluding tert-OH is 1. The molecule has 0 heterocycles. The largest absolute Gasteiger partial charge is 0.479 e. The third kappa shape index (κ3) is 6.30. The van der Waals surface area contributed by atoms with Gasteiger partial charge in [0.1, 0.15) is 13.2 Å². The van der Waals surface area contributed by atoms with Crippen molar-refractivity contribution >= 4 is 23.9 Å². The smallest absolute Gasteiger partial charge is 0.407 e. The number of ether oxygens (including phenoxy) is 1. The number of carboxylic acids is 1. The highest BCUT2D eigenvalue weighted by molar-refractivity contribution is 5.87. The van der Waals surface area contributed by atoms with Gasteiger partial charge in [-0.15, -0.1) is 0 Å². The summed E-state index contributed by atoms with van der Waals surface area (Å²) in [6.07, 6.45) is -2.47. The van der Waals surface area contributed by atoms with Gasteiger partial charge in [0.2, 0.25) is 11.8 Å². The number of rotatable bonds is 10. The molecule has 5 N–H and O–H groups in total. The lowest BCUT2D eigenvalue weighted by molar-refractivity contribution is -0.147. The Bertz CT molecular complexity index is 995. The molecular formula is C23H25N3O7. The third-order valence-corrected chi connectivity index (χ3v) is 5.21. The number of carbonyl (C=O) groups excluding carboxylic acids is 3. The van der Waals surface area contributed by atoms with E-state index >= 15 is 0 Å². The lowest BCUT2D eigenvalue weighted by Gasteiger charge is -2.14. The summed E-state index contributed by atoms with van der Waals surface area (Å²) >= 11 is 0. The Balaban J connectivity index is 1.37. The molecule has 3 amide bonds. The number of benzene rings is 2. The summed E-state index contributed by atoms with van der Waals surface area (Å²) in [5.74, 6) is -2.62. The average Bonchev–Trinajstić information content (AvgIpc) is 3.13. The fourth-order valence-corrected chi connectivity index (χ4v) is 3.58. The Hall–Kier alpha value is -3.92. The van der Waals surface area contributed by atoms with Crippen LogP contribution in [0.5, 0.6) is 0 Å². The van der Waals surface area contributed by atoms with Gasteiger partial charge in [-0.1, -0.05) is 48.5 Å². The van der Waals surface area contributed by atoms with E-state index in [9.17, 15) is 19.2 Å². The van der Waals surface area contributed by atoms with Crippen molar-refractivity contribution in [3.05, 3.63) is 59.7 Å². The molecule has 0 fully saturated rings. The van der Waals surface area contributed by atoms with E-state index in [0.717, 1.165) is 22.3 Å². The summed E-state index contributed by atoms with van der Waals surface area (Å²) in [4.78, 5) is 46.0. The zero-order chi connectivity index (χ0) is 23.8. The van der Waals surface area contributed by atoms with Crippen molar-refractivity contribution < 1.29 is 34.1 Å². The molecule has 2 aromatic rings. The van der Waals surface area contributed by atoms with Crippen LogP contribution in [0.4, 0.5) is 4.79 Å². The standard InChI is InChI=1S/C23H25N3O7/c27-19(22(30)31)9-10-24-20(28)11-25-21(29)12-26-23(32)33-13-18-16-7-3-1-5-14(16)15-6-2-4-8-17(15)18/h1-8,18-19,27H,9-13H2,(H,24,28)(H,25,29)(H,26,32)(H,30,31). The molecule has 0 saturated heterocycles. The Morgan fingerprint density at radius 2 is 1.39 bits per heavy atom. The molecule has 1 unspecified atom stereocenters. The number of amides is 3. The maximum atomic E-state index is 12.1. The van der Waals surface area contributed by atoms with Gasteiger partial charge in [-0.05, 0) is 22.3 Å². The first-order valence-corrected chi connectivity index (χ1v) is 10.4. The van der Waals surface area contributed by atoms with Crippen LogP contribution in [0.1, 0.15) is 23.5 Å². The summed E-state index contributed by atoms with van der Waals surface area (Å²) in [7, 11) is 0. The zero-order valence-electron chi connectivity index (χ0n) is 17.7. The maximum absolute atomic E-state index is 12.1. The van der Waals surface area contributed by atoms with Gasteiger partial charge < -0.3 is 30.9 Å². The van der Waals surface area contributed by atoms with E-state index in [4.69, 9.17) is 14.9 Å². The van der Waals surface area contributed by atoms with E-state index in [1.807, 2.05) is 48.5 Å². The first-order chi connectivity index (χ1) is 15.9. The van der Waals surface area contributed by atoms with Crippen LogP contribution in [0.2, 0.25) is 0 Å². The van der Waals surface area contributed by atoms with Crippen LogP contribution >= 0.6 is 0 Å². The molecule has 1 aliphatic carbocycles. The number of nitrogens with one attached hydrogen (secondary N) is 3. The molecule has 10 nitrogen and oxygen atoms in total. The maximum Gasteiger partial charge on any atom is 0.407 e. The summed E-state index contributed by atoms with van der Waals surface area (Å²) in [5.41, 5.74) is 4.37. The van der Waals surface area contributed by atoms with Gasteiger partial charge in [-0.25, -0.2) is 9.59 Å². The average molecular weight is 455 g/mol. The number of carboxylic acid groups (broad SMARTS) is 1. The number of fused-ring (bicyclic) bond motifs is 3. The van der Waals surface area contributed by atoms with E-state index in [1.165, 1.54) is 0 Å². The summed E-state index contributed by atoms with van der Waals surface area (Å²) < 4.78 is 5.33. The minimum atomic E-state index is -1.57. The fraction of sp³-hybridized carbons (Fsp3) is 0.304. The van der Waals surface area contributed by atoms with Crippen molar-refractivity contribution in [3.63, 3.8) is 0 Å². The third-order valence-electron chi connectivity index (χ3n) is 5.21. The van der Waals surface area contributed by atoms with Crippen molar-refractivity contribution in [3.8, 4) is 11.1 Å². The SMILES string of the molecule is O=C(CNC(=O)CNC(=O)OCC1c2ccccc2-c2ccccc21)NCCC(O)C(=O)O. The minimum Gasteiger partial charge on any atom is -0.479 e. The molecule has 0 aromatic heterocycles. The topological polar surface area (TPSA) is 154 Å². The van der Waals surface area contributed by atoms with Gasteiger partial charge in [-0.3, -0.25) is 9.59 Å². The van der Waals surface area contributed by atoms with Crippen LogP contribution in [0.3, 0.4) is 0 Å². The molecule has 3 rings (SSSR count). The summed E-state index contributed by atoms with van der Waals surface area (Å²) in [5, 5.41) is 24.7. The molecule has 0 aliphatic heterocycles. The van der Waals surface area contributed by atoms with Gasteiger partial charge in [0, 0.05) is 18.9 Å². The quantitative estimate of drug-likeness (QED) is 0.351. The fourth-order valence-electron chi connectivity index (χ4n) is 3.58. The molecule has 0 bridgehead atoms. The Morgan fingerprint density at radius 3 is 2.00 bits per heavy atom. The molecule has 1 atom stereocenters. The number of carbonyl (C=O) groups is 4. The van der Waals surface area contributed by atoms with Crippen LogP contribution in [0.15, 0.2) is 48.5 Å². The van der Waals surface area contributed by atoms with Crippen molar-refractivity contribution in [2.24, 2.45) is 0 Å². The highest BCUT2D eigenvalue weighted by Gasteiger charge is 2.29. The molecule has 174 valence electrons. The van der Waals surface area contributed by atoms with E-state index in [-0.39, 0.29) is 38.6 Å². The predicted molar refractivity (Wildman–Crippen MR) is 117 cm³/mol. The van der Waals surface area contributed by atoms with Gasteiger partial charge in [-0.2, -0.15) is 0 Å². The van der Waals surface area contributed by atoms with Crippen LogP contribution in [0, 0.1) is 0 Å². The summed E-state index contributed by atoms with van der Waals surface area (Å²) in [6.45, 7) is -0.664. The molecule has 10 heteroatoms. The molecule has 0 spiro atoms. The summed E-state index contributed by atoms with van der Waals surface area (Å²) in [6, 6.07) is 15.9. The van der Waals surface area contributed by atoms with E-state index in [0.29, 0.717) is 0 Å². The molecule has 2 aromatic carbocycles. The molecular weight excluding hydrogens is 430 g/mol. The number of alkyl carbamates (subject to hydrolysis) is 1. The Morgan fingerprint density at radius 1 is 0.848 bits per heavy atom. The minimum absolute atomic E-state index is 0.0554. The number of aliphatic carboxylic acids is 1. The highest BCUT2D eigenvalue weighted by Crippen LogP contribution is 2.44. The van der Waals surface area contributed by atoms with Crippen molar-refractivity contribution in [1.82, 2.24) is 16.0 Å². The van der Waals surface area contributed by atoms with Crippen molar-refractivity contribution in [2.75, 3.05) is 26.2 Å². The first kappa shape index (κ1) is 23.7. The van der Waals surface area contributed by atoms with E-state index in [2.05, 4.69) is 16.0 Å². The number of hydrogen-bond donors (Lipinski definition) is 5. The lowest BCUT2D eigenvalue weighted by atomic mass is 9.98. The van der Waals surface area contributed by atoms with E-state index in [1.54, 1.807) is 0 Å². The second-order valence-electron chi connectivity index (χ2n) is 7.45. The predicted octanol–water partition coefficient (Wildman–Crippen LogP) is 0.593. The van der Waals surface area contributed by atoms with Gasteiger partial charge >= 0.3 is 12.1 Å². The van der Waals surface area contributed by atoms with Gasteiger partial charge in [0.05, 0.1) is 6.54 Å². The van der Waals surface area contributed by atoms with Crippen LogP contribution in [-0.2, 0) is 19.1 Å². The first-order valence-electron chi connectivity index (χ1n) is 10.4. The monoisotopic (exact) mass is 455 g/mol. The Labute approximate surface area is 189 Å². The number of hydrogen-bond acceptors (Lipinski definition) is 6. The normalized spacial score (nSPS) is 12.8. The highest BCUT2D eigenvalue weighted by atomic mass is 16.5. The zero-order valence-corrected chi connectivity index (χ0v) is 17.7. The van der Waals surface area contributed by atoms with Gasteiger partial charge in [0.15, 0.2) is 6.10 Å². The van der Waals surface area contributed by atoms with Gasteiger partial charge in [0.25, 0.3) is 0 Å². The second kappa shape index (κ2) is 11.1. The van der Waals surface area contributed by atoms with Crippen molar-refractivity contribution in [2.45, 2.75) is 18.4 Å². The molecule has 33 heavy (non-hydrogen) atoms. The van der Waals surface area contributed by atoms with E-state index < -0.39 is 30.0 Å². The van der Waals surface area contributed by atoms with Crippen LogP contribution < -0.4 is 16.0 Å².